The predicted octanol–water partition coefficient (Wildman–Crippen LogP) is 2.35. The van der Waals surface area contributed by atoms with Gasteiger partial charge < -0.3 is 9.30 Å². The Morgan fingerprint density at radius 3 is 2.96 bits per heavy atom. The number of nitrogens with zero attached hydrogens (tertiary/aromatic N) is 2. The third kappa shape index (κ3) is 3.00. The first kappa shape index (κ1) is 15.0. The van der Waals surface area contributed by atoms with Crippen LogP contribution in [0.2, 0.25) is 0 Å². The average molecular weight is 315 g/mol. The number of hydroxylamine groups is 1. The molecule has 0 aliphatic heterocycles. The standard InChI is InChI=1S/C16H14FN3O3/c1-23-13-5-10(4-12(17)6-13)9-20-3-2-11-8-18-14(7-15(11)20)16(21)19-22/h2-8,22H,9H2,1H3,(H,19,21). The van der Waals surface area contributed by atoms with Crippen molar-refractivity contribution in [2.24, 2.45) is 0 Å². The molecule has 7 heteroatoms. The van der Waals surface area contributed by atoms with E-state index in [2.05, 4.69) is 4.98 Å². The highest BCUT2D eigenvalue weighted by Gasteiger charge is 2.10. The predicted molar refractivity (Wildman–Crippen MR) is 81.0 cm³/mol. The number of nitrogens with one attached hydrogen (secondary N) is 1. The van der Waals surface area contributed by atoms with Crippen molar-refractivity contribution in [3.8, 4) is 5.75 Å². The number of ether oxygens (including phenoxy) is 1. The van der Waals surface area contributed by atoms with Crippen LogP contribution in [0.15, 0.2) is 42.7 Å². The summed E-state index contributed by atoms with van der Waals surface area (Å²) in [6.07, 6.45) is 3.37. The molecule has 2 aromatic heterocycles. The smallest absolute Gasteiger partial charge is 0.293 e. The molecule has 0 radical (unpaired) electrons. The highest BCUT2D eigenvalue weighted by Crippen LogP contribution is 2.21. The Bertz CT molecular complexity index is 876. The summed E-state index contributed by atoms with van der Waals surface area (Å²) in [5, 5.41) is 9.54. The third-order valence-electron chi connectivity index (χ3n) is 3.51. The van der Waals surface area contributed by atoms with E-state index in [4.69, 9.17) is 9.94 Å². The molecule has 6 nitrogen and oxygen atoms in total. The summed E-state index contributed by atoms with van der Waals surface area (Å²) < 4.78 is 20.5. The Kier molecular flexibility index (Phi) is 3.94. The fourth-order valence-corrected chi connectivity index (χ4v) is 2.43. The monoisotopic (exact) mass is 315 g/mol. The highest BCUT2D eigenvalue weighted by atomic mass is 19.1. The minimum Gasteiger partial charge on any atom is -0.497 e. The molecule has 0 spiro atoms. The van der Waals surface area contributed by atoms with Crippen LogP contribution in [0.25, 0.3) is 10.9 Å². The average Bonchev–Trinajstić information content (AvgIpc) is 2.95. The lowest BCUT2D eigenvalue weighted by atomic mass is 10.2. The first-order valence-electron chi connectivity index (χ1n) is 6.83. The second kappa shape index (κ2) is 6.05. The van der Waals surface area contributed by atoms with Crippen LogP contribution in [0.1, 0.15) is 16.1 Å². The number of rotatable bonds is 4. The molecule has 2 N–H and O–H groups in total. The second-order valence-corrected chi connectivity index (χ2v) is 5.01. The second-order valence-electron chi connectivity index (χ2n) is 5.01. The van der Waals surface area contributed by atoms with Crippen LogP contribution >= 0.6 is 0 Å². The van der Waals surface area contributed by atoms with E-state index in [-0.39, 0.29) is 11.5 Å². The van der Waals surface area contributed by atoms with Crippen LogP contribution in [-0.4, -0.2) is 27.8 Å². The molecule has 0 aliphatic carbocycles. The van der Waals surface area contributed by atoms with E-state index in [0.717, 1.165) is 16.5 Å². The van der Waals surface area contributed by atoms with E-state index in [9.17, 15) is 9.18 Å². The Labute approximate surface area is 131 Å². The molecule has 0 unspecified atom stereocenters. The van der Waals surface area contributed by atoms with Gasteiger partial charge in [-0.3, -0.25) is 15.0 Å². The molecular formula is C16H14FN3O3. The summed E-state index contributed by atoms with van der Waals surface area (Å²) in [7, 11) is 1.48. The van der Waals surface area contributed by atoms with Gasteiger partial charge >= 0.3 is 0 Å². The molecule has 23 heavy (non-hydrogen) atoms. The van der Waals surface area contributed by atoms with Crippen LogP contribution < -0.4 is 10.2 Å². The summed E-state index contributed by atoms with van der Waals surface area (Å²) in [6, 6.07) is 7.90. The van der Waals surface area contributed by atoms with Crippen molar-refractivity contribution < 1.29 is 19.1 Å². The highest BCUT2D eigenvalue weighted by molar-refractivity contribution is 5.95. The van der Waals surface area contributed by atoms with Gasteiger partial charge in [0.2, 0.25) is 0 Å². The normalized spacial score (nSPS) is 10.7. The SMILES string of the molecule is COc1cc(F)cc(Cn2ccc3cnc(C(=O)NO)cc32)c1. The zero-order valence-electron chi connectivity index (χ0n) is 12.3. The summed E-state index contributed by atoms with van der Waals surface area (Å²) in [5.74, 6) is -0.622. The molecule has 0 fully saturated rings. The molecule has 3 aromatic rings. The largest absolute Gasteiger partial charge is 0.497 e. The number of carbonyl (C=O) groups excluding carboxylic acids is 1. The lowest BCUT2D eigenvalue weighted by Crippen LogP contribution is -2.19. The Morgan fingerprint density at radius 2 is 2.22 bits per heavy atom. The number of aromatic nitrogens is 2. The van der Waals surface area contributed by atoms with Crippen LogP contribution in [0.4, 0.5) is 4.39 Å². The van der Waals surface area contributed by atoms with Crippen molar-refractivity contribution in [2.75, 3.05) is 7.11 Å². The van der Waals surface area contributed by atoms with Crippen LogP contribution in [0, 0.1) is 5.82 Å². The van der Waals surface area contributed by atoms with E-state index >= 15 is 0 Å². The summed E-state index contributed by atoms with van der Waals surface area (Å²) in [6.45, 7) is 0.405. The van der Waals surface area contributed by atoms with Crippen molar-refractivity contribution in [3.63, 3.8) is 0 Å². The number of pyridine rings is 1. The van der Waals surface area contributed by atoms with Gasteiger partial charge in [0.15, 0.2) is 0 Å². The summed E-state index contributed by atoms with van der Waals surface area (Å²) in [4.78, 5) is 15.5. The van der Waals surface area contributed by atoms with Crippen LogP contribution in [0.3, 0.4) is 0 Å². The molecule has 1 amide bonds. The third-order valence-corrected chi connectivity index (χ3v) is 3.51. The van der Waals surface area contributed by atoms with Crippen molar-refractivity contribution in [1.29, 1.82) is 0 Å². The number of fused-ring (bicyclic) bond motifs is 1. The Hall–Kier alpha value is -2.93. The lowest BCUT2D eigenvalue weighted by Gasteiger charge is -2.08. The lowest BCUT2D eigenvalue weighted by molar-refractivity contribution is 0.0701. The number of halogens is 1. The number of hydrogen-bond acceptors (Lipinski definition) is 4. The van der Waals surface area contributed by atoms with E-state index < -0.39 is 5.91 Å². The van der Waals surface area contributed by atoms with Crippen molar-refractivity contribution >= 4 is 16.8 Å². The molecule has 0 aliphatic rings. The van der Waals surface area contributed by atoms with Crippen molar-refractivity contribution in [3.05, 3.63) is 59.8 Å². The van der Waals surface area contributed by atoms with Gasteiger partial charge in [-0.05, 0) is 29.8 Å². The molecule has 1 aromatic carbocycles. The molecule has 3 rings (SSSR count). The number of carbonyl (C=O) groups is 1. The van der Waals surface area contributed by atoms with Gasteiger partial charge in [-0.25, -0.2) is 9.87 Å². The zero-order chi connectivity index (χ0) is 16.4. The number of benzene rings is 1. The first-order valence-corrected chi connectivity index (χ1v) is 6.83. The maximum absolute atomic E-state index is 13.6. The van der Waals surface area contributed by atoms with Crippen LogP contribution in [-0.2, 0) is 6.54 Å². The van der Waals surface area contributed by atoms with Gasteiger partial charge in [0.05, 0.1) is 12.6 Å². The topological polar surface area (TPSA) is 76.4 Å². The number of methoxy groups -OCH3 is 1. The van der Waals surface area contributed by atoms with Gasteiger partial charge in [0.25, 0.3) is 5.91 Å². The van der Waals surface area contributed by atoms with Gasteiger partial charge in [-0.1, -0.05) is 0 Å². The van der Waals surface area contributed by atoms with E-state index in [1.165, 1.54) is 19.2 Å². The molecule has 118 valence electrons. The molecule has 0 saturated carbocycles. The minimum atomic E-state index is -0.688. The Balaban J connectivity index is 2.00. The molecule has 0 atom stereocenters. The summed E-state index contributed by atoms with van der Waals surface area (Å²) >= 11 is 0. The minimum absolute atomic E-state index is 0.0942. The summed E-state index contributed by atoms with van der Waals surface area (Å²) in [5.41, 5.74) is 3.13. The maximum atomic E-state index is 13.6. The fourth-order valence-electron chi connectivity index (χ4n) is 2.43. The first-order chi connectivity index (χ1) is 11.1. The van der Waals surface area contributed by atoms with E-state index in [1.807, 2.05) is 16.8 Å². The van der Waals surface area contributed by atoms with Crippen molar-refractivity contribution in [1.82, 2.24) is 15.0 Å². The van der Waals surface area contributed by atoms with Crippen LogP contribution in [0.5, 0.6) is 5.75 Å². The van der Waals surface area contributed by atoms with Gasteiger partial charge in [-0.15, -0.1) is 0 Å². The molecule has 0 bridgehead atoms. The zero-order valence-corrected chi connectivity index (χ0v) is 12.3. The van der Waals surface area contributed by atoms with Gasteiger partial charge in [-0.2, -0.15) is 0 Å². The molecule has 0 saturated heterocycles. The van der Waals surface area contributed by atoms with E-state index in [0.29, 0.717) is 12.3 Å². The van der Waals surface area contributed by atoms with E-state index in [1.54, 1.807) is 23.8 Å². The molecule has 2 heterocycles. The van der Waals surface area contributed by atoms with Gasteiger partial charge in [0, 0.05) is 30.4 Å². The number of hydrogen-bond donors (Lipinski definition) is 2. The Morgan fingerprint density at radius 1 is 1.39 bits per heavy atom. The van der Waals surface area contributed by atoms with Gasteiger partial charge in [0.1, 0.15) is 17.3 Å². The molecular weight excluding hydrogens is 301 g/mol. The fraction of sp³-hybridized carbons (Fsp3) is 0.125. The number of amides is 1. The van der Waals surface area contributed by atoms with Crippen molar-refractivity contribution in [2.45, 2.75) is 6.54 Å². The quantitative estimate of drug-likeness (QED) is 0.572. The maximum Gasteiger partial charge on any atom is 0.293 e.